The first-order chi connectivity index (χ1) is 9.31. The molecule has 1 aromatic rings. The van der Waals surface area contributed by atoms with Crippen LogP contribution in [0.1, 0.15) is 20.3 Å². The Labute approximate surface area is 120 Å². The Morgan fingerprint density at radius 1 is 1.15 bits per heavy atom. The van der Waals surface area contributed by atoms with E-state index in [9.17, 15) is 18.0 Å². The van der Waals surface area contributed by atoms with Gasteiger partial charge < -0.3 is 10.6 Å². The molecule has 20 heavy (non-hydrogen) atoms. The largest absolute Gasteiger partial charge is 0.356 e. The summed E-state index contributed by atoms with van der Waals surface area (Å²) in [6.07, 6.45) is 0.455. The maximum absolute atomic E-state index is 11.8. The lowest BCUT2D eigenvalue weighted by Crippen LogP contribution is -2.28. The molecule has 0 unspecified atom stereocenters. The van der Waals surface area contributed by atoms with Gasteiger partial charge in [0.05, 0.1) is 0 Å². The number of carbonyl (C=O) groups excluding carboxylic acids is 2. The highest BCUT2D eigenvalue weighted by molar-refractivity contribution is 7.91. The van der Waals surface area contributed by atoms with Crippen LogP contribution < -0.4 is 15.4 Å². The summed E-state index contributed by atoms with van der Waals surface area (Å²) < 4.78 is 25.8. The third-order valence-corrected chi connectivity index (χ3v) is 4.61. The number of aromatic nitrogens is 2. The number of hydrogen-bond acceptors (Lipinski definition) is 7. The van der Waals surface area contributed by atoms with Crippen molar-refractivity contribution in [2.24, 2.45) is 0 Å². The van der Waals surface area contributed by atoms with Crippen LogP contribution in [-0.2, 0) is 19.6 Å². The molecule has 0 aliphatic rings. The van der Waals surface area contributed by atoms with E-state index in [0.29, 0.717) is 13.0 Å². The van der Waals surface area contributed by atoms with Crippen LogP contribution in [0.2, 0.25) is 0 Å². The molecular formula is C9H15N5O4S2. The first-order valence-corrected chi connectivity index (χ1v) is 7.96. The quantitative estimate of drug-likeness (QED) is 0.450. The molecule has 0 aromatic carbocycles. The van der Waals surface area contributed by atoms with Gasteiger partial charge in [-0.05, 0) is 6.42 Å². The van der Waals surface area contributed by atoms with Crippen LogP contribution in [0.15, 0.2) is 4.34 Å². The van der Waals surface area contributed by atoms with Crippen molar-refractivity contribution in [1.82, 2.24) is 20.2 Å². The maximum Gasteiger partial charge on any atom is 0.269 e. The lowest BCUT2D eigenvalue weighted by Gasteiger charge is -2.03. The van der Waals surface area contributed by atoms with E-state index >= 15 is 0 Å². The van der Waals surface area contributed by atoms with E-state index in [0.717, 1.165) is 11.3 Å². The minimum absolute atomic E-state index is 0.121. The molecule has 1 heterocycles. The zero-order valence-corrected chi connectivity index (χ0v) is 12.6. The summed E-state index contributed by atoms with van der Waals surface area (Å²) in [7, 11) is -3.75. The van der Waals surface area contributed by atoms with Gasteiger partial charge in [0.15, 0.2) is 0 Å². The fourth-order valence-corrected chi connectivity index (χ4v) is 3.20. The van der Waals surface area contributed by atoms with Crippen molar-refractivity contribution in [1.29, 1.82) is 0 Å². The van der Waals surface area contributed by atoms with Gasteiger partial charge in [-0.1, -0.05) is 11.3 Å². The summed E-state index contributed by atoms with van der Waals surface area (Å²) in [5.41, 5.74) is 0. The molecule has 2 amide bonds. The average molecular weight is 321 g/mol. The number of nitrogens with zero attached hydrogens (tertiary/aromatic N) is 2. The third-order valence-electron chi connectivity index (χ3n) is 1.94. The summed E-state index contributed by atoms with van der Waals surface area (Å²) in [5.74, 6) is -0.523. The highest BCUT2D eigenvalue weighted by Crippen LogP contribution is 2.19. The van der Waals surface area contributed by atoms with Gasteiger partial charge >= 0.3 is 0 Å². The number of sulfonamides is 1. The van der Waals surface area contributed by atoms with Crippen LogP contribution in [0.5, 0.6) is 0 Å². The summed E-state index contributed by atoms with van der Waals surface area (Å²) in [6, 6.07) is 0. The number of nitrogens with one attached hydrogen (secondary N) is 3. The predicted octanol–water partition coefficient (Wildman–Crippen LogP) is -0.699. The number of anilines is 1. The van der Waals surface area contributed by atoms with Crippen molar-refractivity contribution < 1.29 is 18.0 Å². The summed E-state index contributed by atoms with van der Waals surface area (Å²) in [6.45, 7) is 3.22. The molecule has 3 N–H and O–H groups in total. The zero-order chi connectivity index (χ0) is 15.2. The van der Waals surface area contributed by atoms with Gasteiger partial charge in [0.1, 0.15) is 0 Å². The van der Waals surface area contributed by atoms with Crippen molar-refractivity contribution in [3.05, 3.63) is 0 Å². The smallest absolute Gasteiger partial charge is 0.269 e. The van der Waals surface area contributed by atoms with Gasteiger partial charge in [-0.25, -0.2) is 13.1 Å². The summed E-state index contributed by atoms with van der Waals surface area (Å²) in [4.78, 5) is 21.4. The van der Waals surface area contributed by atoms with Crippen LogP contribution >= 0.6 is 11.3 Å². The summed E-state index contributed by atoms with van der Waals surface area (Å²) >= 11 is 0.762. The number of amides is 2. The van der Waals surface area contributed by atoms with Gasteiger partial charge in [-0.3, -0.25) is 9.59 Å². The fourth-order valence-electron chi connectivity index (χ4n) is 1.14. The lowest BCUT2D eigenvalue weighted by atomic mass is 10.4. The van der Waals surface area contributed by atoms with Gasteiger partial charge in [-0.2, -0.15) is 0 Å². The second-order valence-electron chi connectivity index (χ2n) is 3.79. The normalized spacial score (nSPS) is 11.1. The fraction of sp³-hybridized carbons (Fsp3) is 0.556. The second-order valence-corrected chi connectivity index (χ2v) is 6.71. The monoisotopic (exact) mass is 321 g/mol. The highest BCUT2D eigenvalue weighted by Gasteiger charge is 2.19. The van der Waals surface area contributed by atoms with Crippen molar-refractivity contribution in [3.8, 4) is 0 Å². The Kier molecular flexibility index (Phi) is 5.98. The van der Waals surface area contributed by atoms with E-state index in [-0.39, 0.29) is 27.8 Å². The van der Waals surface area contributed by atoms with Crippen LogP contribution in [-0.4, -0.2) is 43.5 Å². The predicted molar refractivity (Wildman–Crippen MR) is 72.7 cm³/mol. The van der Waals surface area contributed by atoms with Gasteiger partial charge in [-0.15, -0.1) is 10.2 Å². The average Bonchev–Trinajstić information content (AvgIpc) is 2.76. The number of hydrogen-bond donors (Lipinski definition) is 3. The standard InChI is InChI=1S/C9H15N5O4S2/c1-6(15)10-4-3-5-11-20(17,18)9-14-13-8(19-9)12-7(2)16/h11H,3-5H2,1-2H3,(H,10,15)(H,12,13,16). The van der Waals surface area contributed by atoms with Crippen LogP contribution in [0.4, 0.5) is 5.13 Å². The summed E-state index contributed by atoms with van der Waals surface area (Å²) in [5, 5.41) is 12.1. The van der Waals surface area contributed by atoms with E-state index in [2.05, 4.69) is 25.6 Å². The third kappa shape index (κ3) is 5.59. The zero-order valence-electron chi connectivity index (χ0n) is 11.0. The van der Waals surface area contributed by atoms with Crippen LogP contribution in [0.25, 0.3) is 0 Å². The van der Waals surface area contributed by atoms with E-state index < -0.39 is 10.0 Å². The van der Waals surface area contributed by atoms with E-state index in [1.165, 1.54) is 13.8 Å². The van der Waals surface area contributed by atoms with E-state index in [1.807, 2.05) is 0 Å². The molecule has 0 fully saturated rings. The van der Waals surface area contributed by atoms with Crippen LogP contribution in [0, 0.1) is 0 Å². The van der Waals surface area contributed by atoms with E-state index in [4.69, 9.17) is 0 Å². The van der Waals surface area contributed by atoms with Crippen molar-refractivity contribution >= 4 is 38.3 Å². The molecule has 0 bridgehead atoms. The first-order valence-electron chi connectivity index (χ1n) is 5.66. The molecule has 0 radical (unpaired) electrons. The number of carbonyl (C=O) groups is 2. The molecular weight excluding hydrogens is 306 g/mol. The molecule has 0 aliphatic heterocycles. The van der Waals surface area contributed by atoms with Crippen LogP contribution in [0.3, 0.4) is 0 Å². The Bertz CT molecular complexity index is 583. The molecule has 112 valence electrons. The molecule has 11 heteroatoms. The SMILES string of the molecule is CC(=O)NCCCNS(=O)(=O)c1nnc(NC(C)=O)s1. The molecule has 0 spiro atoms. The molecule has 9 nitrogen and oxygen atoms in total. The maximum atomic E-state index is 11.8. The highest BCUT2D eigenvalue weighted by atomic mass is 32.2. The van der Waals surface area contributed by atoms with Gasteiger partial charge in [0.25, 0.3) is 10.0 Å². The lowest BCUT2D eigenvalue weighted by molar-refractivity contribution is -0.119. The van der Waals surface area contributed by atoms with Gasteiger partial charge in [0, 0.05) is 26.9 Å². The minimum Gasteiger partial charge on any atom is -0.356 e. The second kappa shape index (κ2) is 7.26. The van der Waals surface area contributed by atoms with Crippen molar-refractivity contribution in [2.45, 2.75) is 24.6 Å². The Morgan fingerprint density at radius 2 is 1.85 bits per heavy atom. The number of rotatable bonds is 7. The Hall–Kier alpha value is -1.59. The van der Waals surface area contributed by atoms with Crippen molar-refractivity contribution in [3.63, 3.8) is 0 Å². The Balaban J connectivity index is 2.49. The molecule has 1 aromatic heterocycles. The Morgan fingerprint density at radius 3 is 2.45 bits per heavy atom. The molecule has 0 aliphatic carbocycles. The van der Waals surface area contributed by atoms with Gasteiger partial charge in [0.2, 0.25) is 21.3 Å². The minimum atomic E-state index is -3.75. The topological polar surface area (TPSA) is 130 Å². The molecule has 1 rings (SSSR count). The van der Waals surface area contributed by atoms with E-state index in [1.54, 1.807) is 0 Å². The van der Waals surface area contributed by atoms with Crippen molar-refractivity contribution in [2.75, 3.05) is 18.4 Å². The molecule has 0 atom stereocenters. The molecule has 0 saturated heterocycles. The molecule has 0 saturated carbocycles. The first kappa shape index (κ1) is 16.5.